The molecule has 25 heavy (non-hydrogen) atoms. The van der Waals surface area contributed by atoms with Gasteiger partial charge >= 0.3 is 0 Å². The van der Waals surface area contributed by atoms with Crippen LogP contribution in [0.3, 0.4) is 0 Å². The molecule has 3 aliphatic heterocycles. The third kappa shape index (κ3) is 2.88. The van der Waals surface area contributed by atoms with Gasteiger partial charge in [-0.2, -0.15) is 0 Å². The molecule has 0 spiro atoms. The van der Waals surface area contributed by atoms with E-state index in [1.54, 1.807) is 0 Å². The second kappa shape index (κ2) is 6.52. The van der Waals surface area contributed by atoms with Crippen molar-refractivity contribution < 1.29 is 18.9 Å². The quantitative estimate of drug-likeness (QED) is 0.911. The Hall–Kier alpha value is -1.76. The highest BCUT2D eigenvalue weighted by molar-refractivity contribution is 5.19. The summed E-state index contributed by atoms with van der Waals surface area (Å²) in [6, 6.07) is 20.4. The van der Waals surface area contributed by atoms with E-state index in [-0.39, 0.29) is 36.9 Å². The van der Waals surface area contributed by atoms with E-state index in [0.717, 1.165) is 11.1 Å². The van der Waals surface area contributed by atoms with Crippen molar-refractivity contribution in [3.8, 4) is 0 Å². The van der Waals surface area contributed by atoms with Crippen molar-refractivity contribution in [2.45, 2.75) is 36.9 Å². The molecule has 5 heteroatoms. The molecule has 0 radical (unpaired) electrons. The Labute approximate surface area is 146 Å². The molecule has 0 aromatic heterocycles. The van der Waals surface area contributed by atoms with Gasteiger partial charge in [0, 0.05) is 11.1 Å². The zero-order valence-electron chi connectivity index (χ0n) is 13.8. The van der Waals surface area contributed by atoms with Gasteiger partial charge in [-0.1, -0.05) is 60.7 Å². The van der Waals surface area contributed by atoms with Gasteiger partial charge in [0.05, 0.1) is 25.3 Å². The number of rotatable bonds is 2. The Balaban J connectivity index is 1.34. The molecular formula is C20H21NO4. The summed E-state index contributed by atoms with van der Waals surface area (Å²) in [5.74, 6) is 0. The summed E-state index contributed by atoms with van der Waals surface area (Å²) in [5.41, 5.74) is 2.08. The Morgan fingerprint density at radius 1 is 0.640 bits per heavy atom. The molecule has 2 aromatic carbocycles. The van der Waals surface area contributed by atoms with Gasteiger partial charge in [0.15, 0.2) is 12.6 Å². The topological polar surface area (TPSA) is 49.0 Å². The fraction of sp³-hybridized carbons (Fsp3) is 0.400. The van der Waals surface area contributed by atoms with Crippen LogP contribution in [-0.2, 0) is 18.9 Å². The van der Waals surface area contributed by atoms with Gasteiger partial charge < -0.3 is 24.3 Å². The van der Waals surface area contributed by atoms with E-state index in [2.05, 4.69) is 5.32 Å². The van der Waals surface area contributed by atoms with Gasteiger partial charge in [-0.3, -0.25) is 0 Å². The Morgan fingerprint density at radius 3 is 1.52 bits per heavy atom. The summed E-state index contributed by atoms with van der Waals surface area (Å²) in [7, 11) is 0. The van der Waals surface area contributed by atoms with Crippen LogP contribution in [-0.4, -0.2) is 37.5 Å². The molecule has 5 rings (SSSR count). The summed E-state index contributed by atoms with van der Waals surface area (Å²) in [6.07, 6.45) is -0.771. The summed E-state index contributed by atoms with van der Waals surface area (Å²) < 4.78 is 24.4. The van der Waals surface area contributed by atoms with E-state index in [0.29, 0.717) is 13.2 Å². The normalized spacial score (nSPS) is 37.3. The van der Waals surface area contributed by atoms with Gasteiger partial charge in [0.25, 0.3) is 0 Å². The largest absolute Gasteiger partial charge is 0.347 e. The molecule has 2 aromatic rings. The molecule has 3 aliphatic rings. The molecule has 0 saturated carbocycles. The van der Waals surface area contributed by atoms with E-state index < -0.39 is 0 Å². The molecule has 3 heterocycles. The minimum atomic E-state index is -0.343. The first-order valence-corrected chi connectivity index (χ1v) is 8.78. The molecule has 5 nitrogen and oxygen atoms in total. The first-order chi connectivity index (χ1) is 12.4. The third-order valence-electron chi connectivity index (χ3n) is 5.10. The van der Waals surface area contributed by atoms with E-state index in [1.165, 1.54) is 0 Å². The van der Waals surface area contributed by atoms with Crippen molar-refractivity contribution in [2.75, 3.05) is 13.2 Å². The predicted molar refractivity (Wildman–Crippen MR) is 90.7 cm³/mol. The number of nitrogens with one attached hydrogen (secondary N) is 1. The molecule has 0 aliphatic carbocycles. The average molecular weight is 339 g/mol. The molecule has 6 atom stereocenters. The lowest BCUT2D eigenvalue weighted by molar-refractivity contribution is -0.278. The zero-order chi connectivity index (χ0) is 16.6. The molecule has 130 valence electrons. The highest BCUT2D eigenvalue weighted by Gasteiger charge is 2.51. The molecule has 0 bridgehead atoms. The maximum Gasteiger partial charge on any atom is 0.184 e. The van der Waals surface area contributed by atoms with Gasteiger partial charge in [-0.15, -0.1) is 0 Å². The summed E-state index contributed by atoms with van der Waals surface area (Å²) in [6.45, 7) is 1.22. The number of fused-ring (bicyclic) bond motifs is 3. The Bertz CT molecular complexity index is 649. The van der Waals surface area contributed by atoms with Crippen molar-refractivity contribution in [3.63, 3.8) is 0 Å². The van der Waals surface area contributed by atoms with Crippen LogP contribution in [0.25, 0.3) is 0 Å². The van der Waals surface area contributed by atoms with Gasteiger partial charge in [-0.05, 0) is 0 Å². The fourth-order valence-corrected chi connectivity index (χ4v) is 3.87. The van der Waals surface area contributed by atoms with Crippen molar-refractivity contribution in [3.05, 3.63) is 71.8 Å². The standard InChI is InChI=1S/C20H21NO4/c1-3-7-13(8-4-1)19-22-11-15-17(24-19)18-16(21-15)12-23-20(25-18)14-9-5-2-6-10-14/h1-10,15-21H,11-12H2/t15-,16-,17+,18+,19-,20-/m0/s1. The van der Waals surface area contributed by atoms with Gasteiger partial charge in [0.2, 0.25) is 0 Å². The second-order valence-electron chi connectivity index (χ2n) is 6.73. The summed E-state index contributed by atoms with van der Waals surface area (Å²) in [4.78, 5) is 0. The highest BCUT2D eigenvalue weighted by atomic mass is 16.7. The van der Waals surface area contributed by atoms with E-state index in [9.17, 15) is 0 Å². The fourth-order valence-electron chi connectivity index (χ4n) is 3.87. The van der Waals surface area contributed by atoms with Crippen LogP contribution in [0.15, 0.2) is 60.7 Å². The lowest BCUT2D eigenvalue weighted by atomic mass is 10.0. The minimum Gasteiger partial charge on any atom is -0.347 e. The molecular weight excluding hydrogens is 318 g/mol. The van der Waals surface area contributed by atoms with Crippen molar-refractivity contribution in [1.82, 2.24) is 5.32 Å². The SMILES string of the molecule is c1ccc([C@H]2OC[C@@H]3N[C@H]4CO[C@H](c5ccccc5)O[C@H]4[C@@H]3O2)cc1. The van der Waals surface area contributed by atoms with E-state index in [4.69, 9.17) is 18.9 Å². The van der Waals surface area contributed by atoms with Gasteiger partial charge in [-0.25, -0.2) is 0 Å². The van der Waals surface area contributed by atoms with Crippen LogP contribution >= 0.6 is 0 Å². The number of benzene rings is 2. The number of ether oxygens (including phenoxy) is 4. The van der Waals surface area contributed by atoms with Crippen molar-refractivity contribution >= 4 is 0 Å². The molecule has 0 amide bonds. The van der Waals surface area contributed by atoms with Crippen LogP contribution in [0.4, 0.5) is 0 Å². The van der Waals surface area contributed by atoms with E-state index >= 15 is 0 Å². The lowest BCUT2D eigenvalue weighted by Crippen LogP contribution is -2.47. The van der Waals surface area contributed by atoms with Crippen molar-refractivity contribution in [1.29, 1.82) is 0 Å². The van der Waals surface area contributed by atoms with Crippen LogP contribution in [0, 0.1) is 0 Å². The Kier molecular flexibility index (Phi) is 4.04. The third-order valence-corrected chi connectivity index (χ3v) is 5.10. The van der Waals surface area contributed by atoms with Crippen LogP contribution in [0.2, 0.25) is 0 Å². The average Bonchev–Trinajstić information content (AvgIpc) is 3.06. The lowest BCUT2D eigenvalue weighted by Gasteiger charge is -2.37. The zero-order valence-corrected chi connectivity index (χ0v) is 13.8. The number of hydrogen-bond acceptors (Lipinski definition) is 5. The second-order valence-corrected chi connectivity index (χ2v) is 6.73. The monoisotopic (exact) mass is 339 g/mol. The maximum atomic E-state index is 6.28. The molecule has 0 unspecified atom stereocenters. The van der Waals surface area contributed by atoms with Crippen LogP contribution in [0.1, 0.15) is 23.7 Å². The first-order valence-electron chi connectivity index (χ1n) is 8.78. The number of hydrogen-bond donors (Lipinski definition) is 1. The van der Waals surface area contributed by atoms with Gasteiger partial charge in [0.1, 0.15) is 12.2 Å². The maximum absolute atomic E-state index is 6.28. The van der Waals surface area contributed by atoms with Crippen LogP contribution < -0.4 is 5.32 Å². The van der Waals surface area contributed by atoms with Crippen molar-refractivity contribution in [2.24, 2.45) is 0 Å². The highest BCUT2D eigenvalue weighted by Crippen LogP contribution is 2.38. The molecule has 3 fully saturated rings. The molecule has 3 saturated heterocycles. The predicted octanol–water partition coefficient (Wildman–Crippen LogP) is 2.56. The summed E-state index contributed by atoms with van der Waals surface area (Å²) in [5, 5.41) is 3.54. The molecule has 1 N–H and O–H groups in total. The van der Waals surface area contributed by atoms with E-state index in [1.807, 2.05) is 60.7 Å². The smallest absolute Gasteiger partial charge is 0.184 e. The summed E-state index contributed by atoms with van der Waals surface area (Å²) >= 11 is 0. The minimum absolute atomic E-state index is 0.0425. The van der Waals surface area contributed by atoms with Crippen LogP contribution in [0.5, 0.6) is 0 Å². The Morgan fingerprint density at radius 2 is 1.08 bits per heavy atom. The first kappa shape index (κ1) is 15.5.